The average molecular weight is 303 g/mol. The van der Waals surface area contributed by atoms with Crippen molar-refractivity contribution in [2.75, 3.05) is 10.5 Å². The fraction of sp³-hybridized carbons (Fsp3) is 0.400. The van der Waals surface area contributed by atoms with Crippen molar-refractivity contribution < 1.29 is 0 Å². The number of nitrogens with two attached hydrogens (primary N) is 1. The Morgan fingerprint density at radius 2 is 1.80 bits per heavy atom. The minimum atomic E-state index is 0.776. The second-order valence-electron chi connectivity index (χ2n) is 5.47. The number of anilines is 2. The largest absolute Gasteiger partial charge is 0.389 e. The van der Waals surface area contributed by atoms with Crippen LogP contribution in [-0.2, 0) is 25.7 Å². The Balaban J connectivity index is 1.67. The summed E-state index contributed by atoms with van der Waals surface area (Å²) in [5.74, 6) is 0. The Kier molecular flexibility index (Phi) is 3.11. The van der Waals surface area contributed by atoms with E-state index < -0.39 is 0 Å². The number of nitrogen functional groups attached to an aromatic ring is 1. The Morgan fingerprint density at radius 3 is 2.40 bits per heavy atom. The lowest BCUT2D eigenvalue weighted by Crippen LogP contribution is -1.99. The van der Waals surface area contributed by atoms with Gasteiger partial charge in [0.15, 0.2) is 4.34 Å². The summed E-state index contributed by atoms with van der Waals surface area (Å²) in [4.78, 5) is 4.31. The third-order valence-corrected chi connectivity index (χ3v) is 5.92. The van der Waals surface area contributed by atoms with Gasteiger partial charge in [0.2, 0.25) is 0 Å². The summed E-state index contributed by atoms with van der Waals surface area (Å²) in [6.45, 7) is 0. The fourth-order valence-electron chi connectivity index (χ4n) is 3.35. The highest BCUT2D eigenvalue weighted by Gasteiger charge is 2.24. The van der Waals surface area contributed by atoms with Crippen LogP contribution in [0.1, 0.15) is 35.1 Å². The molecule has 104 valence electrons. The van der Waals surface area contributed by atoms with Crippen molar-refractivity contribution in [3.8, 4) is 0 Å². The summed E-state index contributed by atoms with van der Waals surface area (Å²) in [7, 11) is 0. The first-order chi connectivity index (χ1) is 9.81. The molecule has 2 aliphatic rings. The molecule has 0 aliphatic heterocycles. The van der Waals surface area contributed by atoms with Crippen molar-refractivity contribution in [1.82, 2.24) is 4.98 Å². The molecule has 1 heterocycles. The quantitative estimate of drug-likeness (QED) is 0.846. The lowest BCUT2D eigenvalue weighted by Gasteiger charge is -2.15. The topological polar surface area (TPSA) is 50.9 Å². The molecule has 1 aromatic heterocycles. The minimum Gasteiger partial charge on any atom is -0.389 e. The Morgan fingerprint density at radius 1 is 1.10 bits per heavy atom. The molecule has 0 amide bonds. The molecule has 20 heavy (non-hydrogen) atoms. The molecule has 2 aromatic rings. The molecule has 0 saturated carbocycles. The highest BCUT2D eigenvalue weighted by Crippen LogP contribution is 2.40. The second kappa shape index (κ2) is 4.97. The standard InChI is InChI=1S/C15H17N3S2/c16-13-8-17-15(19-13)20-18-14-11-5-1-3-9(11)7-10-4-2-6-12(10)14/h7-8,18H,1-6,16H2. The van der Waals surface area contributed by atoms with Crippen molar-refractivity contribution in [2.45, 2.75) is 42.9 Å². The van der Waals surface area contributed by atoms with Crippen molar-refractivity contribution in [2.24, 2.45) is 0 Å². The van der Waals surface area contributed by atoms with Gasteiger partial charge >= 0.3 is 0 Å². The van der Waals surface area contributed by atoms with Crippen LogP contribution >= 0.6 is 23.3 Å². The Labute approximate surface area is 127 Å². The number of nitrogens with one attached hydrogen (secondary N) is 1. The van der Waals surface area contributed by atoms with Gasteiger partial charge in [-0.25, -0.2) is 4.98 Å². The maximum Gasteiger partial charge on any atom is 0.172 e. The molecule has 0 saturated heterocycles. The van der Waals surface area contributed by atoms with E-state index in [-0.39, 0.29) is 0 Å². The van der Waals surface area contributed by atoms with E-state index in [1.807, 2.05) is 0 Å². The molecule has 0 atom stereocenters. The van der Waals surface area contributed by atoms with Gasteiger partial charge in [0.05, 0.1) is 11.9 Å². The van der Waals surface area contributed by atoms with Gasteiger partial charge in [-0.15, -0.1) is 0 Å². The zero-order chi connectivity index (χ0) is 13.5. The van der Waals surface area contributed by atoms with Crippen LogP contribution in [0.4, 0.5) is 10.7 Å². The first-order valence-electron chi connectivity index (χ1n) is 7.12. The Hall–Kier alpha value is -1.20. The fourth-order valence-corrected chi connectivity index (χ4v) is 4.89. The van der Waals surface area contributed by atoms with Gasteiger partial charge in [-0.1, -0.05) is 17.4 Å². The molecular formula is C15H17N3S2. The maximum absolute atomic E-state index is 5.74. The van der Waals surface area contributed by atoms with Crippen LogP contribution in [0.25, 0.3) is 0 Å². The number of fused-ring (bicyclic) bond motifs is 2. The van der Waals surface area contributed by atoms with E-state index in [9.17, 15) is 0 Å². The molecule has 2 aliphatic carbocycles. The van der Waals surface area contributed by atoms with Crippen molar-refractivity contribution in [3.63, 3.8) is 0 Å². The third-order valence-electron chi connectivity index (χ3n) is 4.22. The molecule has 0 fully saturated rings. The van der Waals surface area contributed by atoms with Crippen LogP contribution in [0.3, 0.4) is 0 Å². The smallest absolute Gasteiger partial charge is 0.172 e. The predicted molar refractivity (Wildman–Crippen MR) is 86.5 cm³/mol. The number of nitrogens with zero attached hydrogens (tertiary/aromatic N) is 1. The van der Waals surface area contributed by atoms with Gasteiger partial charge in [-0.05, 0) is 60.8 Å². The van der Waals surface area contributed by atoms with E-state index >= 15 is 0 Å². The average Bonchev–Trinajstić information content (AvgIpc) is 3.14. The van der Waals surface area contributed by atoms with Gasteiger partial charge in [0, 0.05) is 11.9 Å². The van der Waals surface area contributed by atoms with Crippen molar-refractivity contribution in [3.05, 3.63) is 34.5 Å². The number of benzene rings is 1. The summed E-state index contributed by atoms with van der Waals surface area (Å²) < 4.78 is 4.57. The first kappa shape index (κ1) is 12.5. The summed E-state index contributed by atoms with van der Waals surface area (Å²) in [6, 6.07) is 2.46. The van der Waals surface area contributed by atoms with Gasteiger partial charge in [0.25, 0.3) is 0 Å². The van der Waals surface area contributed by atoms with E-state index in [2.05, 4.69) is 15.8 Å². The third kappa shape index (κ3) is 2.09. The van der Waals surface area contributed by atoms with Gasteiger partial charge < -0.3 is 10.5 Å². The summed E-state index contributed by atoms with van der Waals surface area (Å²) in [5.41, 5.74) is 13.3. The van der Waals surface area contributed by atoms with Crippen LogP contribution < -0.4 is 10.5 Å². The zero-order valence-corrected chi connectivity index (χ0v) is 12.9. The highest BCUT2D eigenvalue weighted by atomic mass is 32.2. The van der Waals surface area contributed by atoms with Gasteiger partial charge in [-0.2, -0.15) is 0 Å². The predicted octanol–water partition coefficient (Wildman–Crippen LogP) is 3.82. The molecule has 0 unspecified atom stereocenters. The van der Waals surface area contributed by atoms with Crippen LogP contribution in [0, 0.1) is 0 Å². The lowest BCUT2D eigenvalue weighted by atomic mass is 9.99. The number of hydrogen-bond acceptors (Lipinski definition) is 5. The molecule has 0 bridgehead atoms. The Bertz CT molecular complexity index is 631. The van der Waals surface area contributed by atoms with E-state index in [1.165, 1.54) is 44.2 Å². The number of thiazole rings is 1. The first-order valence-corrected chi connectivity index (χ1v) is 8.75. The van der Waals surface area contributed by atoms with Crippen LogP contribution in [0.2, 0.25) is 0 Å². The highest BCUT2D eigenvalue weighted by molar-refractivity contribution is 8.02. The molecule has 0 spiro atoms. The normalized spacial score (nSPS) is 16.2. The van der Waals surface area contributed by atoms with E-state index in [0.717, 1.165) is 9.34 Å². The summed E-state index contributed by atoms with van der Waals surface area (Å²) in [6.07, 6.45) is 9.23. The number of rotatable bonds is 3. The van der Waals surface area contributed by atoms with E-state index in [1.54, 1.807) is 51.7 Å². The molecule has 1 aromatic carbocycles. The molecule has 3 N–H and O–H groups in total. The number of hydrogen-bond donors (Lipinski definition) is 2. The van der Waals surface area contributed by atoms with Gasteiger partial charge in [-0.3, -0.25) is 0 Å². The zero-order valence-electron chi connectivity index (χ0n) is 11.2. The molecule has 3 nitrogen and oxygen atoms in total. The van der Waals surface area contributed by atoms with Crippen molar-refractivity contribution >= 4 is 34.0 Å². The van der Waals surface area contributed by atoms with E-state index in [4.69, 9.17) is 5.73 Å². The van der Waals surface area contributed by atoms with Gasteiger partial charge in [0.1, 0.15) is 5.00 Å². The number of aryl methyl sites for hydroxylation is 2. The van der Waals surface area contributed by atoms with E-state index in [0.29, 0.717) is 0 Å². The molecule has 4 rings (SSSR count). The van der Waals surface area contributed by atoms with Crippen LogP contribution in [0.5, 0.6) is 0 Å². The number of aromatic nitrogens is 1. The summed E-state index contributed by atoms with van der Waals surface area (Å²) >= 11 is 3.14. The minimum absolute atomic E-state index is 0.776. The summed E-state index contributed by atoms with van der Waals surface area (Å²) in [5, 5.41) is 0.776. The molecular weight excluding hydrogens is 286 g/mol. The second-order valence-corrected chi connectivity index (χ2v) is 7.58. The van der Waals surface area contributed by atoms with Crippen molar-refractivity contribution in [1.29, 1.82) is 0 Å². The molecule has 0 radical (unpaired) electrons. The molecule has 5 heteroatoms. The monoisotopic (exact) mass is 303 g/mol. The SMILES string of the molecule is Nc1cnc(SNc2c3c(cc4c2CCC4)CCC3)s1. The lowest BCUT2D eigenvalue weighted by molar-refractivity contribution is 0.898. The van der Waals surface area contributed by atoms with Crippen LogP contribution in [-0.4, -0.2) is 4.98 Å². The van der Waals surface area contributed by atoms with Crippen LogP contribution in [0.15, 0.2) is 16.6 Å². The maximum atomic E-state index is 5.74.